The van der Waals surface area contributed by atoms with E-state index in [1.807, 2.05) is 62.4 Å². The van der Waals surface area contributed by atoms with Gasteiger partial charge in [-0.05, 0) is 72.9 Å². The lowest BCUT2D eigenvalue weighted by Crippen LogP contribution is -2.31. The second-order valence-corrected chi connectivity index (χ2v) is 6.94. The molecule has 140 valence electrons. The highest BCUT2D eigenvalue weighted by Crippen LogP contribution is 2.41. The lowest BCUT2D eigenvalue weighted by molar-refractivity contribution is 0.124. The zero-order chi connectivity index (χ0) is 19.6. The van der Waals surface area contributed by atoms with Crippen molar-refractivity contribution in [1.82, 2.24) is 0 Å². The molecule has 0 aliphatic heterocycles. The second kappa shape index (κ2) is 7.45. The third-order valence-electron chi connectivity index (χ3n) is 5.05. The summed E-state index contributed by atoms with van der Waals surface area (Å²) >= 11 is 0. The maximum atomic E-state index is 12.1. The van der Waals surface area contributed by atoms with Crippen molar-refractivity contribution in [2.75, 3.05) is 14.2 Å². The van der Waals surface area contributed by atoms with Gasteiger partial charge in [0.15, 0.2) is 0 Å². The molecule has 0 atom stereocenters. The summed E-state index contributed by atoms with van der Waals surface area (Å²) in [5.41, 5.74) is 4.51. The fourth-order valence-corrected chi connectivity index (χ4v) is 3.87. The Hall–Kier alpha value is -2.78. The van der Waals surface area contributed by atoms with Gasteiger partial charge in [-0.2, -0.15) is 0 Å². The van der Waals surface area contributed by atoms with Gasteiger partial charge in [0.1, 0.15) is 17.1 Å². The van der Waals surface area contributed by atoms with Crippen LogP contribution in [0.2, 0.25) is 0 Å². The van der Waals surface area contributed by atoms with E-state index in [2.05, 4.69) is 19.1 Å². The molecule has 0 aromatic heterocycles. The van der Waals surface area contributed by atoms with Gasteiger partial charge in [0.05, 0.1) is 14.2 Å². The van der Waals surface area contributed by atoms with Crippen LogP contribution < -0.4 is 9.47 Å². The molecule has 3 heteroatoms. The van der Waals surface area contributed by atoms with Gasteiger partial charge in [-0.15, -0.1) is 0 Å². The van der Waals surface area contributed by atoms with Crippen LogP contribution in [0.1, 0.15) is 33.4 Å². The van der Waals surface area contributed by atoms with Crippen LogP contribution >= 0.6 is 0 Å². The van der Waals surface area contributed by atoms with Crippen molar-refractivity contribution < 1.29 is 14.6 Å². The molecule has 0 radical (unpaired) electrons. The Bertz CT molecular complexity index is 854. The zero-order valence-electron chi connectivity index (χ0n) is 16.5. The summed E-state index contributed by atoms with van der Waals surface area (Å²) in [5, 5.41) is 12.1. The van der Waals surface area contributed by atoms with Crippen molar-refractivity contribution in [2.45, 2.75) is 26.4 Å². The fourth-order valence-electron chi connectivity index (χ4n) is 3.87. The molecule has 0 fully saturated rings. The van der Waals surface area contributed by atoms with E-state index >= 15 is 0 Å². The Kier molecular flexibility index (Phi) is 5.24. The van der Waals surface area contributed by atoms with Gasteiger partial charge in [-0.3, -0.25) is 0 Å². The summed E-state index contributed by atoms with van der Waals surface area (Å²) in [5.74, 6) is 1.52. The van der Waals surface area contributed by atoms with Gasteiger partial charge in [0.2, 0.25) is 0 Å². The molecule has 0 aliphatic carbocycles. The third kappa shape index (κ3) is 3.43. The molecule has 0 heterocycles. The molecule has 3 aromatic rings. The highest BCUT2D eigenvalue weighted by Gasteiger charge is 2.36. The highest BCUT2D eigenvalue weighted by atomic mass is 16.5. The predicted molar refractivity (Wildman–Crippen MR) is 109 cm³/mol. The summed E-state index contributed by atoms with van der Waals surface area (Å²) in [7, 11) is 3.28. The van der Waals surface area contributed by atoms with E-state index in [0.717, 1.165) is 39.3 Å². The van der Waals surface area contributed by atoms with Gasteiger partial charge in [-0.25, -0.2) is 0 Å². The number of benzene rings is 3. The number of methoxy groups -OCH3 is 2. The summed E-state index contributed by atoms with van der Waals surface area (Å²) in [6.45, 7) is 6.17. The number of aliphatic hydroxyl groups is 1. The van der Waals surface area contributed by atoms with Crippen molar-refractivity contribution in [2.24, 2.45) is 0 Å². The Balaban J connectivity index is 2.28. The van der Waals surface area contributed by atoms with Crippen LogP contribution in [-0.4, -0.2) is 19.3 Å². The van der Waals surface area contributed by atoms with Crippen LogP contribution in [0.25, 0.3) is 0 Å². The van der Waals surface area contributed by atoms with Crippen LogP contribution in [0.5, 0.6) is 11.5 Å². The van der Waals surface area contributed by atoms with Gasteiger partial charge in [0.25, 0.3) is 0 Å². The average Bonchev–Trinajstić information content (AvgIpc) is 2.67. The Labute approximate surface area is 161 Å². The quantitative estimate of drug-likeness (QED) is 0.655. The standard InChI is InChI=1S/C24H26O3/c1-16-14-17(2)23(18(3)15-16)24(25,19-6-10-21(26-4)11-7-19)20-8-12-22(27-5)13-9-20/h6-15,25H,1-5H3. The van der Waals surface area contributed by atoms with Gasteiger partial charge >= 0.3 is 0 Å². The number of rotatable bonds is 5. The molecule has 0 unspecified atom stereocenters. The molecule has 27 heavy (non-hydrogen) atoms. The minimum Gasteiger partial charge on any atom is -0.497 e. The first kappa shape index (κ1) is 19.0. The summed E-state index contributed by atoms with van der Waals surface area (Å²) < 4.78 is 10.6. The van der Waals surface area contributed by atoms with Crippen LogP contribution in [0.3, 0.4) is 0 Å². The lowest BCUT2D eigenvalue weighted by Gasteiger charge is -2.33. The average molecular weight is 362 g/mol. The fraction of sp³-hybridized carbons (Fsp3) is 0.250. The van der Waals surface area contributed by atoms with Crippen LogP contribution in [-0.2, 0) is 5.60 Å². The van der Waals surface area contributed by atoms with Crippen LogP contribution in [0.4, 0.5) is 0 Å². The Morgan fingerprint density at radius 1 is 0.667 bits per heavy atom. The van der Waals surface area contributed by atoms with E-state index in [1.165, 1.54) is 5.56 Å². The molecule has 0 saturated carbocycles. The van der Waals surface area contributed by atoms with Crippen molar-refractivity contribution >= 4 is 0 Å². The number of hydrogen-bond acceptors (Lipinski definition) is 3. The molecule has 0 spiro atoms. The number of hydrogen-bond donors (Lipinski definition) is 1. The number of ether oxygens (including phenoxy) is 2. The van der Waals surface area contributed by atoms with E-state index in [-0.39, 0.29) is 0 Å². The first-order valence-electron chi connectivity index (χ1n) is 9.00. The first-order chi connectivity index (χ1) is 12.9. The summed E-state index contributed by atoms with van der Waals surface area (Å²) in [6.07, 6.45) is 0. The summed E-state index contributed by atoms with van der Waals surface area (Å²) in [4.78, 5) is 0. The minimum absolute atomic E-state index is 0.758. The normalized spacial score (nSPS) is 11.3. The molecular formula is C24H26O3. The first-order valence-corrected chi connectivity index (χ1v) is 9.00. The van der Waals surface area contributed by atoms with E-state index in [4.69, 9.17) is 9.47 Å². The topological polar surface area (TPSA) is 38.7 Å². The molecular weight excluding hydrogens is 336 g/mol. The largest absolute Gasteiger partial charge is 0.497 e. The van der Waals surface area contributed by atoms with Crippen LogP contribution in [0, 0.1) is 20.8 Å². The second-order valence-electron chi connectivity index (χ2n) is 6.94. The SMILES string of the molecule is COc1ccc(C(O)(c2ccc(OC)cc2)c2c(C)cc(C)cc2C)cc1. The smallest absolute Gasteiger partial charge is 0.141 e. The van der Waals surface area contributed by atoms with Gasteiger partial charge in [-0.1, -0.05) is 42.0 Å². The molecule has 3 nitrogen and oxygen atoms in total. The van der Waals surface area contributed by atoms with Gasteiger partial charge in [0, 0.05) is 0 Å². The van der Waals surface area contributed by atoms with Crippen LogP contribution in [0.15, 0.2) is 60.7 Å². The third-order valence-corrected chi connectivity index (χ3v) is 5.05. The van der Waals surface area contributed by atoms with E-state index < -0.39 is 5.60 Å². The predicted octanol–water partition coefficient (Wildman–Crippen LogP) is 4.91. The van der Waals surface area contributed by atoms with E-state index in [9.17, 15) is 5.11 Å². The van der Waals surface area contributed by atoms with Crippen molar-refractivity contribution in [3.63, 3.8) is 0 Å². The molecule has 0 bridgehead atoms. The minimum atomic E-state index is -1.28. The van der Waals surface area contributed by atoms with Gasteiger partial charge < -0.3 is 14.6 Å². The molecule has 3 aromatic carbocycles. The Morgan fingerprint density at radius 2 is 1.04 bits per heavy atom. The van der Waals surface area contributed by atoms with E-state index in [0.29, 0.717) is 0 Å². The molecule has 3 rings (SSSR count). The highest BCUT2D eigenvalue weighted by molar-refractivity contribution is 5.54. The number of aryl methyl sites for hydroxylation is 3. The van der Waals surface area contributed by atoms with Crippen molar-refractivity contribution in [3.8, 4) is 11.5 Å². The van der Waals surface area contributed by atoms with Crippen molar-refractivity contribution in [3.05, 3.63) is 94.0 Å². The maximum absolute atomic E-state index is 12.1. The molecule has 0 amide bonds. The zero-order valence-corrected chi connectivity index (χ0v) is 16.5. The van der Waals surface area contributed by atoms with E-state index in [1.54, 1.807) is 14.2 Å². The Morgan fingerprint density at radius 3 is 1.37 bits per heavy atom. The molecule has 1 N–H and O–H groups in total. The summed E-state index contributed by atoms with van der Waals surface area (Å²) in [6, 6.07) is 19.4. The lowest BCUT2D eigenvalue weighted by atomic mass is 9.76. The monoisotopic (exact) mass is 362 g/mol. The van der Waals surface area contributed by atoms with Crippen molar-refractivity contribution in [1.29, 1.82) is 0 Å². The maximum Gasteiger partial charge on any atom is 0.141 e. The molecule has 0 saturated heterocycles. The molecule has 0 aliphatic rings.